The molecular formula is C4H6N4O2. The second-order valence-corrected chi connectivity index (χ2v) is 1.80. The van der Waals surface area contributed by atoms with Gasteiger partial charge in [0.1, 0.15) is 6.17 Å². The molecule has 3 N–H and O–H groups in total. The molecule has 3 amide bonds. The Hall–Kier alpha value is -1.14. The fourth-order valence-electron chi connectivity index (χ4n) is 0.622. The number of carbonyl (C=O) groups is 2. The summed E-state index contributed by atoms with van der Waals surface area (Å²) >= 11 is 0. The topological polar surface area (TPSA) is 100 Å². The van der Waals surface area contributed by atoms with Crippen LogP contribution in [0.1, 0.15) is 6.42 Å². The fraction of sp³-hybridized carbons (Fsp3) is 0.500. The van der Waals surface area contributed by atoms with Crippen LogP contribution in [0.15, 0.2) is 0 Å². The minimum atomic E-state index is -0.765. The van der Waals surface area contributed by atoms with Crippen molar-refractivity contribution in [2.24, 2.45) is 5.84 Å². The molecule has 1 fully saturated rings. The third-order valence-corrected chi connectivity index (χ3v) is 1.05. The van der Waals surface area contributed by atoms with Gasteiger partial charge in [-0.2, -0.15) is 5.32 Å². The van der Waals surface area contributed by atoms with Crippen LogP contribution in [0.2, 0.25) is 0 Å². The van der Waals surface area contributed by atoms with Crippen LogP contribution in [-0.2, 0) is 4.79 Å². The summed E-state index contributed by atoms with van der Waals surface area (Å²) in [7, 11) is 0. The monoisotopic (exact) mass is 142 g/mol. The molecule has 1 heterocycles. The maximum absolute atomic E-state index is 10.5. The molecule has 1 saturated heterocycles. The van der Waals surface area contributed by atoms with Crippen LogP contribution in [0.25, 0.3) is 0 Å². The first-order valence-corrected chi connectivity index (χ1v) is 2.68. The maximum Gasteiger partial charge on any atom is 0.367 e. The Morgan fingerprint density at radius 1 is 1.60 bits per heavy atom. The highest BCUT2D eigenvalue weighted by atomic mass is 16.2. The average molecular weight is 142 g/mol. The predicted octanol–water partition coefficient (Wildman–Crippen LogP) is -1.97. The summed E-state index contributed by atoms with van der Waals surface area (Å²) in [5.41, 5.74) is 2.20. The van der Waals surface area contributed by atoms with E-state index in [1.807, 2.05) is 0 Å². The van der Waals surface area contributed by atoms with E-state index in [-0.39, 0.29) is 6.42 Å². The molecule has 0 spiro atoms. The van der Waals surface area contributed by atoms with Gasteiger partial charge in [0.2, 0.25) is 0 Å². The normalized spacial score (nSPS) is 25.5. The van der Waals surface area contributed by atoms with Gasteiger partial charge >= 0.3 is 6.03 Å². The first-order chi connectivity index (χ1) is 4.72. The SMILES string of the molecule is NNC1CC(=O)[N]C(=O)[N]1. The van der Waals surface area contributed by atoms with Crippen molar-refractivity contribution in [2.45, 2.75) is 12.6 Å². The molecule has 0 aromatic carbocycles. The molecule has 1 aliphatic rings. The van der Waals surface area contributed by atoms with Crippen LogP contribution in [0.5, 0.6) is 0 Å². The number of nitrogens with one attached hydrogen (secondary N) is 1. The van der Waals surface area contributed by atoms with Crippen molar-refractivity contribution in [2.75, 3.05) is 0 Å². The van der Waals surface area contributed by atoms with Gasteiger partial charge in [0.25, 0.3) is 5.91 Å². The van der Waals surface area contributed by atoms with Crippen LogP contribution >= 0.6 is 0 Å². The summed E-state index contributed by atoms with van der Waals surface area (Å²) in [6, 6.07) is -0.765. The first-order valence-electron chi connectivity index (χ1n) is 2.68. The number of hydrogen-bond donors (Lipinski definition) is 2. The van der Waals surface area contributed by atoms with Crippen LogP contribution in [0, 0.1) is 0 Å². The number of hydrazine groups is 1. The molecule has 54 valence electrons. The number of carbonyl (C=O) groups excluding carboxylic acids is 2. The van der Waals surface area contributed by atoms with Crippen molar-refractivity contribution >= 4 is 11.9 Å². The molecule has 0 aromatic heterocycles. The van der Waals surface area contributed by atoms with E-state index in [2.05, 4.69) is 16.1 Å². The van der Waals surface area contributed by atoms with Crippen molar-refractivity contribution in [3.63, 3.8) is 0 Å². The zero-order valence-corrected chi connectivity index (χ0v) is 5.07. The number of rotatable bonds is 1. The molecule has 2 radical (unpaired) electrons. The third-order valence-electron chi connectivity index (χ3n) is 1.05. The van der Waals surface area contributed by atoms with Gasteiger partial charge in [-0.3, -0.25) is 10.6 Å². The fourth-order valence-corrected chi connectivity index (χ4v) is 0.622. The predicted molar refractivity (Wildman–Crippen MR) is 30.4 cm³/mol. The molecule has 0 aromatic rings. The first kappa shape index (κ1) is 6.97. The number of urea groups is 1. The lowest BCUT2D eigenvalue weighted by Gasteiger charge is -2.16. The second-order valence-electron chi connectivity index (χ2n) is 1.80. The average Bonchev–Trinajstić information content (AvgIpc) is 1.85. The van der Waals surface area contributed by atoms with Gasteiger partial charge in [-0.1, -0.05) is 0 Å². The summed E-state index contributed by atoms with van der Waals surface area (Å²) in [5.74, 6) is 4.45. The number of hydrogen-bond acceptors (Lipinski definition) is 4. The summed E-state index contributed by atoms with van der Waals surface area (Å²) < 4.78 is 0. The van der Waals surface area contributed by atoms with E-state index in [1.54, 1.807) is 0 Å². The van der Waals surface area contributed by atoms with Gasteiger partial charge in [0, 0.05) is 0 Å². The molecular weight excluding hydrogens is 136 g/mol. The van der Waals surface area contributed by atoms with Gasteiger partial charge in [0.15, 0.2) is 0 Å². The van der Waals surface area contributed by atoms with Crippen molar-refractivity contribution < 1.29 is 9.59 Å². The third kappa shape index (κ3) is 1.42. The Morgan fingerprint density at radius 3 is 2.80 bits per heavy atom. The van der Waals surface area contributed by atoms with Crippen molar-refractivity contribution in [1.82, 2.24) is 16.1 Å². The van der Waals surface area contributed by atoms with Gasteiger partial charge in [-0.25, -0.2) is 15.5 Å². The van der Waals surface area contributed by atoms with E-state index in [1.165, 1.54) is 0 Å². The lowest BCUT2D eigenvalue weighted by Crippen LogP contribution is -2.52. The lowest BCUT2D eigenvalue weighted by molar-refractivity contribution is -0.121. The Kier molecular flexibility index (Phi) is 1.83. The molecule has 0 saturated carbocycles. The van der Waals surface area contributed by atoms with Crippen LogP contribution in [0.4, 0.5) is 4.79 Å². The summed E-state index contributed by atoms with van der Waals surface area (Å²) in [6.45, 7) is 0. The Morgan fingerprint density at radius 2 is 2.30 bits per heavy atom. The number of nitrogens with zero attached hydrogens (tertiary/aromatic N) is 2. The van der Waals surface area contributed by atoms with Crippen molar-refractivity contribution in [1.29, 1.82) is 0 Å². The Balaban J connectivity index is 2.50. The van der Waals surface area contributed by atoms with E-state index in [0.717, 1.165) is 0 Å². The molecule has 1 rings (SSSR count). The van der Waals surface area contributed by atoms with Crippen LogP contribution < -0.4 is 21.9 Å². The molecule has 0 bridgehead atoms. The highest BCUT2D eigenvalue weighted by molar-refractivity contribution is 5.96. The van der Waals surface area contributed by atoms with Gasteiger partial charge in [-0.05, 0) is 0 Å². The molecule has 1 aliphatic heterocycles. The maximum atomic E-state index is 10.5. The van der Waals surface area contributed by atoms with E-state index < -0.39 is 18.1 Å². The van der Waals surface area contributed by atoms with Gasteiger partial charge in [-0.15, -0.1) is 0 Å². The zero-order valence-electron chi connectivity index (χ0n) is 5.07. The van der Waals surface area contributed by atoms with E-state index >= 15 is 0 Å². The summed E-state index contributed by atoms with van der Waals surface area (Å²) in [4.78, 5) is 20.9. The number of nitrogens with two attached hydrogens (primary N) is 1. The molecule has 1 atom stereocenters. The standard InChI is InChI=1S/C4H6N4O2/c5-8-2-1-3(9)7-4(10)6-2/h2,8H,1,5H2. The van der Waals surface area contributed by atoms with Gasteiger partial charge < -0.3 is 0 Å². The lowest BCUT2D eigenvalue weighted by atomic mass is 10.3. The zero-order chi connectivity index (χ0) is 7.56. The van der Waals surface area contributed by atoms with Gasteiger partial charge in [0.05, 0.1) is 6.42 Å². The highest BCUT2D eigenvalue weighted by Gasteiger charge is 2.26. The highest BCUT2D eigenvalue weighted by Crippen LogP contribution is 1.95. The smallest absolute Gasteiger partial charge is 0.272 e. The minimum absolute atomic E-state index is 0.0578. The quantitative estimate of drug-likeness (QED) is 0.327. The second kappa shape index (κ2) is 2.63. The minimum Gasteiger partial charge on any atom is -0.272 e. The van der Waals surface area contributed by atoms with E-state index in [0.29, 0.717) is 0 Å². The number of amides is 3. The molecule has 0 aliphatic carbocycles. The molecule has 6 heteroatoms. The van der Waals surface area contributed by atoms with E-state index in [4.69, 9.17) is 5.84 Å². The molecule has 10 heavy (non-hydrogen) atoms. The summed E-state index contributed by atoms with van der Waals surface area (Å²) in [5, 5.41) is 6.43. The van der Waals surface area contributed by atoms with E-state index in [9.17, 15) is 9.59 Å². The summed E-state index contributed by atoms with van der Waals surface area (Å²) in [6.07, 6.45) is -0.542. The molecule has 6 nitrogen and oxygen atoms in total. The van der Waals surface area contributed by atoms with Crippen LogP contribution in [0.3, 0.4) is 0 Å². The van der Waals surface area contributed by atoms with Crippen LogP contribution in [-0.4, -0.2) is 18.1 Å². The molecule has 1 unspecified atom stereocenters. The largest absolute Gasteiger partial charge is 0.367 e. The Bertz CT molecular complexity index is 153. The Labute approximate surface area is 57.1 Å². The van der Waals surface area contributed by atoms with Crippen molar-refractivity contribution in [3.8, 4) is 0 Å². The van der Waals surface area contributed by atoms with Crippen molar-refractivity contribution in [3.05, 3.63) is 0 Å². The number of imide groups is 1.